The fraction of sp³-hybridized carbons (Fsp3) is 0.455. The van der Waals surface area contributed by atoms with E-state index in [0.29, 0.717) is 0 Å². The van der Waals surface area contributed by atoms with Crippen LogP contribution in [0.15, 0.2) is 29.5 Å². The van der Waals surface area contributed by atoms with E-state index in [0.717, 1.165) is 17.9 Å². The van der Waals surface area contributed by atoms with Crippen LogP contribution >= 0.6 is 0 Å². The molecule has 0 amide bonds. The number of hydrogen-bond acceptors (Lipinski definition) is 3. The zero-order valence-corrected chi connectivity index (χ0v) is 8.86. The number of nitrogens with zero attached hydrogens (tertiary/aromatic N) is 3. The third-order valence-electron chi connectivity index (χ3n) is 2.78. The molecule has 0 aliphatic carbocycles. The smallest absolute Gasteiger partial charge is 0.131 e. The van der Waals surface area contributed by atoms with Crippen LogP contribution in [-0.4, -0.2) is 34.9 Å². The molecule has 1 aromatic heterocycles. The quantitative estimate of drug-likeness (QED) is 0.670. The summed E-state index contributed by atoms with van der Waals surface area (Å²) in [6, 6.07) is 3.99. The van der Waals surface area contributed by atoms with Crippen molar-refractivity contribution in [3.63, 3.8) is 0 Å². The summed E-state index contributed by atoms with van der Waals surface area (Å²) in [7, 11) is 2.09. The van der Waals surface area contributed by atoms with Crippen LogP contribution in [0.1, 0.15) is 19.4 Å². The minimum atomic E-state index is 0.138. The third-order valence-corrected chi connectivity index (χ3v) is 2.78. The van der Waals surface area contributed by atoms with Gasteiger partial charge in [0, 0.05) is 25.0 Å². The van der Waals surface area contributed by atoms with Crippen molar-refractivity contribution in [3.8, 4) is 0 Å². The van der Waals surface area contributed by atoms with Crippen molar-refractivity contribution >= 4 is 5.84 Å². The molecular formula is C11H15N3. The minimum absolute atomic E-state index is 0.138. The van der Waals surface area contributed by atoms with Crippen molar-refractivity contribution < 1.29 is 0 Å². The summed E-state index contributed by atoms with van der Waals surface area (Å²) in [5.74, 6) is 1.07. The van der Waals surface area contributed by atoms with E-state index >= 15 is 0 Å². The predicted molar refractivity (Wildman–Crippen MR) is 57.5 cm³/mol. The van der Waals surface area contributed by atoms with Gasteiger partial charge in [-0.15, -0.1) is 0 Å². The Bertz CT molecular complexity index is 354. The van der Waals surface area contributed by atoms with Crippen LogP contribution in [0.2, 0.25) is 0 Å². The maximum Gasteiger partial charge on any atom is 0.131 e. The highest BCUT2D eigenvalue weighted by atomic mass is 15.3. The standard InChI is InChI=1S/C11H15N3/c1-11(2)8-13-10(14(11)3)9-4-6-12-7-5-9/h4-7H,8H2,1-3H3. The summed E-state index contributed by atoms with van der Waals surface area (Å²) in [5.41, 5.74) is 1.28. The number of rotatable bonds is 1. The Morgan fingerprint density at radius 3 is 2.43 bits per heavy atom. The Kier molecular flexibility index (Phi) is 2.02. The number of aliphatic imine (C=N–C) groups is 1. The number of amidine groups is 1. The number of aromatic nitrogens is 1. The maximum absolute atomic E-state index is 4.55. The lowest BCUT2D eigenvalue weighted by atomic mass is 10.1. The van der Waals surface area contributed by atoms with Crippen LogP contribution < -0.4 is 0 Å². The highest BCUT2D eigenvalue weighted by Gasteiger charge is 2.31. The first kappa shape index (κ1) is 9.19. The van der Waals surface area contributed by atoms with Crippen LogP contribution in [0.4, 0.5) is 0 Å². The second-order valence-electron chi connectivity index (χ2n) is 4.25. The van der Waals surface area contributed by atoms with E-state index < -0.39 is 0 Å². The van der Waals surface area contributed by atoms with E-state index in [1.807, 2.05) is 12.1 Å². The molecule has 2 heterocycles. The molecule has 0 bridgehead atoms. The number of pyridine rings is 1. The average molecular weight is 189 g/mol. The summed E-state index contributed by atoms with van der Waals surface area (Å²) in [5, 5.41) is 0. The van der Waals surface area contributed by atoms with Gasteiger partial charge in [0.25, 0.3) is 0 Å². The first-order valence-corrected chi connectivity index (χ1v) is 4.80. The lowest BCUT2D eigenvalue weighted by Crippen LogP contribution is -2.41. The monoisotopic (exact) mass is 189 g/mol. The molecule has 1 aliphatic rings. The van der Waals surface area contributed by atoms with Crippen LogP contribution in [-0.2, 0) is 0 Å². The first-order valence-electron chi connectivity index (χ1n) is 4.80. The molecule has 1 aromatic rings. The summed E-state index contributed by atoms with van der Waals surface area (Å²) in [6.07, 6.45) is 3.61. The topological polar surface area (TPSA) is 28.5 Å². The fourth-order valence-corrected chi connectivity index (χ4v) is 1.55. The van der Waals surface area contributed by atoms with Crippen molar-refractivity contribution in [2.75, 3.05) is 13.6 Å². The van der Waals surface area contributed by atoms with Crippen molar-refractivity contribution in [2.45, 2.75) is 19.4 Å². The number of likely N-dealkylation sites (N-methyl/N-ethyl adjacent to an activating group) is 1. The van der Waals surface area contributed by atoms with Crippen LogP contribution in [0.25, 0.3) is 0 Å². The average Bonchev–Trinajstić information content (AvgIpc) is 2.44. The molecule has 0 aromatic carbocycles. The van der Waals surface area contributed by atoms with Gasteiger partial charge in [0.15, 0.2) is 0 Å². The zero-order chi connectivity index (χ0) is 10.2. The van der Waals surface area contributed by atoms with E-state index in [1.165, 1.54) is 0 Å². The molecular weight excluding hydrogens is 174 g/mol. The van der Waals surface area contributed by atoms with E-state index in [1.54, 1.807) is 12.4 Å². The Morgan fingerprint density at radius 1 is 1.29 bits per heavy atom. The highest BCUT2D eigenvalue weighted by molar-refractivity contribution is 6.00. The largest absolute Gasteiger partial charge is 0.352 e. The highest BCUT2D eigenvalue weighted by Crippen LogP contribution is 2.22. The first-order chi connectivity index (χ1) is 6.61. The van der Waals surface area contributed by atoms with Gasteiger partial charge in [0.2, 0.25) is 0 Å². The van der Waals surface area contributed by atoms with Gasteiger partial charge >= 0.3 is 0 Å². The summed E-state index contributed by atoms with van der Waals surface area (Å²) in [6.45, 7) is 5.26. The van der Waals surface area contributed by atoms with Crippen LogP contribution in [0, 0.1) is 0 Å². The normalized spacial score (nSPS) is 19.6. The van der Waals surface area contributed by atoms with Gasteiger partial charge in [0.1, 0.15) is 5.84 Å². The molecule has 0 saturated carbocycles. The molecule has 0 radical (unpaired) electrons. The molecule has 0 unspecified atom stereocenters. The molecule has 14 heavy (non-hydrogen) atoms. The molecule has 0 saturated heterocycles. The van der Waals surface area contributed by atoms with E-state index in [4.69, 9.17) is 0 Å². The van der Waals surface area contributed by atoms with E-state index in [-0.39, 0.29) is 5.54 Å². The van der Waals surface area contributed by atoms with Gasteiger partial charge in [0.05, 0.1) is 12.1 Å². The van der Waals surface area contributed by atoms with Crippen molar-refractivity contribution in [2.24, 2.45) is 4.99 Å². The predicted octanol–water partition coefficient (Wildman–Crippen LogP) is 1.55. The van der Waals surface area contributed by atoms with E-state index in [2.05, 4.69) is 35.8 Å². The van der Waals surface area contributed by atoms with E-state index in [9.17, 15) is 0 Å². The molecule has 74 valence electrons. The van der Waals surface area contributed by atoms with Crippen molar-refractivity contribution in [3.05, 3.63) is 30.1 Å². The van der Waals surface area contributed by atoms with Gasteiger partial charge in [-0.05, 0) is 26.0 Å². The Hall–Kier alpha value is -1.38. The Balaban J connectivity index is 2.31. The van der Waals surface area contributed by atoms with Gasteiger partial charge < -0.3 is 4.90 Å². The molecule has 1 aliphatic heterocycles. The zero-order valence-electron chi connectivity index (χ0n) is 8.86. The molecule has 0 atom stereocenters. The summed E-state index contributed by atoms with van der Waals surface area (Å²) in [4.78, 5) is 10.8. The third kappa shape index (κ3) is 1.39. The molecule has 0 N–H and O–H groups in total. The van der Waals surface area contributed by atoms with Gasteiger partial charge in [-0.2, -0.15) is 0 Å². The van der Waals surface area contributed by atoms with Crippen molar-refractivity contribution in [1.82, 2.24) is 9.88 Å². The molecule has 0 spiro atoms. The summed E-state index contributed by atoms with van der Waals surface area (Å²) >= 11 is 0. The Morgan fingerprint density at radius 2 is 1.93 bits per heavy atom. The lowest BCUT2D eigenvalue weighted by molar-refractivity contribution is 0.292. The summed E-state index contributed by atoms with van der Waals surface area (Å²) < 4.78 is 0. The second-order valence-corrected chi connectivity index (χ2v) is 4.25. The lowest BCUT2D eigenvalue weighted by Gasteiger charge is -2.30. The molecule has 0 fully saturated rings. The van der Waals surface area contributed by atoms with Gasteiger partial charge in [-0.3, -0.25) is 9.98 Å². The van der Waals surface area contributed by atoms with Crippen LogP contribution in [0.3, 0.4) is 0 Å². The fourth-order valence-electron chi connectivity index (χ4n) is 1.55. The molecule has 2 rings (SSSR count). The van der Waals surface area contributed by atoms with Crippen molar-refractivity contribution in [1.29, 1.82) is 0 Å². The van der Waals surface area contributed by atoms with Gasteiger partial charge in [-0.1, -0.05) is 0 Å². The maximum atomic E-state index is 4.55. The van der Waals surface area contributed by atoms with Crippen LogP contribution in [0.5, 0.6) is 0 Å². The second kappa shape index (κ2) is 3.08. The SMILES string of the molecule is CN1C(c2ccncc2)=NCC1(C)C. The number of hydrogen-bond donors (Lipinski definition) is 0. The molecule has 3 nitrogen and oxygen atoms in total. The Labute approximate surface area is 84.5 Å². The minimum Gasteiger partial charge on any atom is -0.352 e. The van der Waals surface area contributed by atoms with Gasteiger partial charge in [-0.25, -0.2) is 0 Å². The molecule has 3 heteroatoms.